The molecule has 1 aromatic carbocycles. The molecule has 0 atom stereocenters. The molecule has 2 rings (SSSR count). The summed E-state index contributed by atoms with van der Waals surface area (Å²) in [6, 6.07) is 11.5. The molecule has 1 heterocycles. The lowest BCUT2D eigenvalue weighted by Gasteiger charge is -2.10. The van der Waals surface area contributed by atoms with Gasteiger partial charge in [-0.3, -0.25) is 4.79 Å². The van der Waals surface area contributed by atoms with Crippen LogP contribution in [0.2, 0.25) is 0 Å². The largest absolute Gasteiger partial charge is 0.321 e. The van der Waals surface area contributed by atoms with E-state index in [0.717, 1.165) is 25.5 Å². The zero-order valence-electron chi connectivity index (χ0n) is 11.6. The number of aryl methyl sites for hydroxylation is 2. The Morgan fingerprint density at radius 3 is 2.48 bits per heavy atom. The number of rotatable bonds is 3. The maximum Gasteiger partial charge on any atom is 0.266 e. The number of benzene rings is 1. The van der Waals surface area contributed by atoms with Gasteiger partial charge in [0.1, 0.15) is 11.6 Å². The highest BCUT2D eigenvalue weighted by atomic mass is 79.9. The lowest BCUT2D eigenvalue weighted by Crippen LogP contribution is -2.15. The highest BCUT2D eigenvalue weighted by Gasteiger charge is 2.12. The third-order valence-electron chi connectivity index (χ3n) is 2.97. The number of anilines is 1. The monoisotopic (exact) mass is 360 g/mol. The molecule has 1 aromatic heterocycles. The summed E-state index contributed by atoms with van der Waals surface area (Å²) in [5, 5.41) is 12.0. The molecule has 2 aromatic rings. The second-order valence-corrected chi connectivity index (χ2v) is 7.03. The third-order valence-corrected chi connectivity index (χ3v) is 4.54. The van der Waals surface area contributed by atoms with Gasteiger partial charge >= 0.3 is 0 Å². The van der Waals surface area contributed by atoms with E-state index in [0.29, 0.717) is 0 Å². The van der Waals surface area contributed by atoms with E-state index >= 15 is 0 Å². The fourth-order valence-electron chi connectivity index (χ4n) is 1.89. The number of hydrogen-bond donors (Lipinski definition) is 1. The molecule has 0 fully saturated rings. The van der Waals surface area contributed by atoms with E-state index in [-0.39, 0.29) is 11.5 Å². The van der Waals surface area contributed by atoms with Gasteiger partial charge in [0.15, 0.2) is 0 Å². The van der Waals surface area contributed by atoms with Crippen molar-refractivity contribution in [1.29, 1.82) is 5.26 Å². The highest BCUT2D eigenvalue weighted by molar-refractivity contribution is 9.11. The van der Waals surface area contributed by atoms with E-state index in [1.54, 1.807) is 6.08 Å². The van der Waals surface area contributed by atoms with Crippen LogP contribution >= 0.6 is 27.3 Å². The van der Waals surface area contributed by atoms with Crippen LogP contribution in [0.5, 0.6) is 0 Å². The van der Waals surface area contributed by atoms with Gasteiger partial charge in [0.2, 0.25) is 0 Å². The first-order chi connectivity index (χ1) is 10.0. The molecule has 0 radical (unpaired) electrons. The molecular formula is C16H13BrN2OS. The number of halogens is 1. The zero-order chi connectivity index (χ0) is 15.4. The Hall–Kier alpha value is -1.90. The van der Waals surface area contributed by atoms with Crippen LogP contribution in [0.15, 0.2) is 39.7 Å². The Morgan fingerprint density at radius 2 is 1.95 bits per heavy atom. The normalized spacial score (nSPS) is 11.0. The van der Waals surface area contributed by atoms with Gasteiger partial charge in [-0.1, -0.05) is 18.2 Å². The van der Waals surface area contributed by atoms with Crippen molar-refractivity contribution in [3.8, 4) is 6.07 Å². The van der Waals surface area contributed by atoms with Crippen molar-refractivity contribution in [2.75, 3.05) is 5.32 Å². The molecule has 5 heteroatoms. The quantitative estimate of drug-likeness (QED) is 0.638. The first-order valence-electron chi connectivity index (χ1n) is 6.26. The van der Waals surface area contributed by atoms with E-state index in [1.807, 2.05) is 50.2 Å². The van der Waals surface area contributed by atoms with Crippen molar-refractivity contribution in [3.63, 3.8) is 0 Å². The SMILES string of the molecule is Cc1cccc(C)c1NC(=O)/C(C#N)=C/c1ccc(Br)s1. The predicted molar refractivity (Wildman–Crippen MR) is 90.2 cm³/mol. The van der Waals surface area contributed by atoms with Gasteiger partial charge in [0, 0.05) is 10.6 Å². The van der Waals surface area contributed by atoms with Crippen molar-refractivity contribution in [3.05, 3.63) is 55.7 Å². The maximum atomic E-state index is 12.3. The smallest absolute Gasteiger partial charge is 0.266 e. The van der Waals surface area contributed by atoms with Crippen LogP contribution < -0.4 is 5.32 Å². The molecule has 3 nitrogen and oxygen atoms in total. The molecule has 0 saturated heterocycles. The minimum Gasteiger partial charge on any atom is -0.321 e. The van der Waals surface area contributed by atoms with Crippen LogP contribution in [0, 0.1) is 25.2 Å². The third kappa shape index (κ3) is 3.81. The standard InChI is InChI=1S/C16H13BrN2OS/c1-10-4-3-5-11(2)15(10)19-16(20)12(9-18)8-13-6-7-14(17)21-13/h3-8H,1-2H3,(H,19,20)/b12-8+. The van der Waals surface area contributed by atoms with Gasteiger partial charge in [0.25, 0.3) is 5.91 Å². The van der Waals surface area contributed by atoms with Crippen molar-refractivity contribution in [2.24, 2.45) is 0 Å². The molecule has 0 saturated carbocycles. The number of amides is 1. The number of para-hydroxylation sites is 1. The van der Waals surface area contributed by atoms with Crippen molar-refractivity contribution in [1.82, 2.24) is 0 Å². The van der Waals surface area contributed by atoms with Crippen LogP contribution in [-0.4, -0.2) is 5.91 Å². The fraction of sp³-hybridized carbons (Fsp3) is 0.125. The summed E-state index contributed by atoms with van der Waals surface area (Å²) < 4.78 is 0.959. The van der Waals surface area contributed by atoms with Crippen molar-refractivity contribution < 1.29 is 4.79 Å². The first-order valence-corrected chi connectivity index (χ1v) is 7.87. The molecule has 106 valence electrons. The molecule has 0 aliphatic heterocycles. The van der Waals surface area contributed by atoms with Gasteiger partial charge < -0.3 is 5.32 Å². The summed E-state index contributed by atoms with van der Waals surface area (Å²) in [4.78, 5) is 13.1. The molecule has 0 aliphatic rings. The summed E-state index contributed by atoms with van der Waals surface area (Å²) in [5.41, 5.74) is 2.79. The molecule has 21 heavy (non-hydrogen) atoms. The van der Waals surface area contributed by atoms with Crippen LogP contribution in [0.25, 0.3) is 6.08 Å². The summed E-state index contributed by atoms with van der Waals surface area (Å²) in [6.07, 6.45) is 1.60. The Kier molecular flexibility index (Phi) is 4.94. The van der Waals surface area contributed by atoms with Gasteiger partial charge in [0.05, 0.1) is 3.79 Å². The number of carbonyl (C=O) groups is 1. The van der Waals surface area contributed by atoms with Crippen LogP contribution in [0.3, 0.4) is 0 Å². The van der Waals surface area contributed by atoms with Gasteiger partial charge in [-0.15, -0.1) is 11.3 Å². The van der Waals surface area contributed by atoms with Crippen molar-refractivity contribution >= 4 is 44.9 Å². The highest BCUT2D eigenvalue weighted by Crippen LogP contribution is 2.25. The fourth-order valence-corrected chi connectivity index (χ4v) is 3.26. The number of nitrogens with zero attached hydrogens (tertiary/aromatic N) is 1. The van der Waals surface area contributed by atoms with Crippen molar-refractivity contribution in [2.45, 2.75) is 13.8 Å². The van der Waals surface area contributed by atoms with Gasteiger partial charge in [-0.2, -0.15) is 5.26 Å². The summed E-state index contributed by atoms with van der Waals surface area (Å²) in [7, 11) is 0. The Bertz CT molecular complexity index is 736. The summed E-state index contributed by atoms with van der Waals surface area (Å²) >= 11 is 4.83. The van der Waals surface area contributed by atoms with Gasteiger partial charge in [-0.25, -0.2) is 0 Å². The van der Waals surface area contributed by atoms with Crippen LogP contribution in [0.1, 0.15) is 16.0 Å². The lowest BCUT2D eigenvalue weighted by molar-refractivity contribution is -0.112. The minimum absolute atomic E-state index is 0.0898. The zero-order valence-corrected chi connectivity index (χ0v) is 14.0. The lowest BCUT2D eigenvalue weighted by atomic mass is 10.1. The number of thiophene rings is 1. The number of nitrogens with one attached hydrogen (secondary N) is 1. The average Bonchev–Trinajstić information content (AvgIpc) is 2.85. The number of hydrogen-bond acceptors (Lipinski definition) is 3. The van der Waals surface area contributed by atoms with Crippen LogP contribution in [-0.2, 0) is 4.79 Å². The minimum atomic E-state index is -0.389. The Balaban J connectivity index is 2.26. The predicted octanol–water partition coefficient (Wildman–Crippen LogP) is 4.67. The van der Waals surface area contributed by atoms with E-state index < -0.39 is 0 Å². The topological polar surface area (TPSA) is 52.9 Å². The van der Waals surface area contributed by atoms with E-state index in [1.165, 1.54) is 11.3 Å². The molecule has 0 unspecified atom stereocenters. The second kappa shape index (κ2) is 6.70. The van der Waals surface area contributed by atoms with Gasteiger partial charge in [-0.05, 0) is 59.1 Å². The van der Waals surface area contributed by atoms with E-state index in [2.05, 4.69) is 21.2 Å². The summed E-state index contributed by atoms with van der Waals surface area (Å²) in [6.45, 7) is 3.85. The number of nitriles is 1. The van der Waals surface area contributed by atoms with E-state index in [9.17, 15) is 10.1 Å². The Morgan fingerprint density at radius 1 is 1.29 bits per heavy atom. The first kappa shape index (κ1) is 15.5. The average molecular weight is 361 g/mol. The summed E-state index contributed by atoms with van der Waals surface area (Å²) in [5.74, 6) is -0.389. The maximum absolute atomic E-state index is 12.3. The Labute approximate surface area is 136 Å². The van der Waals surface area contributed by atoms with E-state index in [4.69, 9.17) is 0 Å². The van der Waals surface area contributed by atoms with Crippen LogP contribution in [0.4, 0.5) is 5.69 Å². The molecule has 0 bridgehead atoms. The molecule has 1 amide bonds. The molecule has 0 aliphatic carbocycles. The second-order valence-electron chi connectivity index (χ2n) is 4.53. The number of carbonyl (C=O) groups excluding carboxylic acids is 1. The molecular weight excluding hydrogens is 348 g/mol. The molecule has 1 N–H and O–H groups in total. The molecule has 0 spiro atoms.